The van der Waals surface area contributed by atoms with Crippen molar-refractivity contribution in [3.05, 3.63) is 53.1 Å². The maximum absolute atomic E-state index is 14.6. The van der Waals surface area contributed by atoms with E-state index in [-0.39, 0.29) is 37.4 Å². The first-order chi connectivity index (χ1) is 18.8. The molecule has 8 nitrogen and oxygen atoms in total. The summed E-state index contributed by atoms with van der Waals surface area (Å²) < 4.78 is 6.98. The Hall–Kier alpha value is -2.68. The number of rotatable bonds is 8. The number of aliphatic hydroxyl groups is 1. The maximum Gasteiger partial charge on any atom is 0.253 e. The Labute approximate surface area is 235 Å². The summed E-state index contributed by atoms with van der Waals surface area (Å²) >= 11 is 6.61. The van der Waals surface area contributed by atoms with Gasteiger partial charge in [0, 0.05) is 32.8 Å². The van der Waals surface area contributed by atoms with Gasteiger partial charge in [0.25, 0.3) is 5.91 Å². The zero-order valence-corrected chi connectivity index (χ0v) is 23.7. The molecule has 2 fully saturated rings. The number of para-hydroxylation sites is 1. The molecule has 1 spiro atoms. The summed E-state index contributed by atoms with van der Waals surface area (Å²) in [7, 11) is 0. The molecule has 0 radical (unpaired) electrons. The Morgan fingerprint density at radius 3 is 2.46 bits per heavy atom. The predicted octanol–water partition coefficient (Wildman–Crippen LogP) is 3.49. The average molecular weight is 556 g/mol. The normalized spacial score (nSPS) is 31.9. The fourth-order valence-electron chi connectivity index (χ4n) is 7.08. The van der Waals surface area contributed by atoms with Crippen LogP contribution in [0.1, 0.15) is 45.1 Å². The minimum absolute atomic E-state index is 0.00656. The van der Waals surface area contributed by atoms with E-state index in [4.69, 9.17) is 16.3 Å². The highest BCUT2D eigenvalue weighted by Crippen LogP contribution is 2.58. The minimum Gasteiger partial charge on any atom is -0.396 e. The third-order valence-corrected chi connectivity index (χ3v) is 9.09. The highest BCUT2D eigenvalue weighted by molar-refractivity contribution is 6.34. The fraction of sp³-hybridized carbons (Fsp3) is 0.567. The van der Waals surface area contributed by atoms with Gasteiger partial charge < -0.3 is 24.5 Å². The third kappa shape index (κ3) is 4.23. The van der Waals surface area contributed by atoms with E-state index >= 15 is 0 Å². The monoisotopic (exact) mass is 555 g/mol. The van der Waals surface area contributed by atoms with Crippen molar-refractivity contribution in [3.63, 3.8) is 0 Å². The minimum atomic E-state index is -1.30. The summed E-state index contributed by atoms with van der Waals surface area (Å²) in [6.45, 7) is 7.51. The predicted molar refractivity (Wildman–Crippen MR) is 149 cm³/mol. The van der Waals surface area contributed by atoms with Crippen molar-refractivity contribution >= 4 is 35.0 Å². The van der Waals surface area contributed by atoms with Crippen LogP contribution < -0.4 is 4.90 Å². The number of nitrogens with zero attached hydrogens (tertiary/aromatic N) is 3. The van der Waals surface area contributed by atoms with Gasteiger partial charge in [-0.1, -0.05) is 61.9 Å². The Bertz CT molecular complexity index is 1200. The number of ether oxygens (including phenoxy) is 1. The number of benzene rings is 1. The van der Waals surface area contributed by atoms with Crippen LogP contribution in [0.4, 0.5) is 5.69 Å². The van der Waals surface area contributed by atoms with Crippen LogP contribution in [0.5, 0.6) is 0 Å². The van der Waals surface area contributed by atoms with E-state index in [1.165, 1.54) is 0 Å². The van der Waals surface area contributed by atoms with Gasteiger partial charge in [-0.3, -0.25) is 14.4 Å². The number of halogens is 1. The highest BCUT2D eigenvalue weighted by atomic mass is 35.5. The molecule has 5 rings (SSSR count). The summed E-state index contributed by atoms with van der Waals surface area (Å²) in [5, 5.41) is 9.88. The molecule has 1 N–H and O–H groups in total. The van der Waals surface area contributed by atoms with Gasteiger partial charge in [-0.25, -0.2) is 0 Å². The number of unbranched alkanes of at least 4 members (excludes halogenated alkanes) is 1. The Kier molecular flexibility index (Phi) is 7.65. The summed E-state index contributed by atoms with van der Waals surface area (Å²) in [5.74, 6) is -2.19. The van der Waals surface area contributed by atoms with Crippen molar-refractivity contribution in [1.82, 2.24) is 9.80 Å². The quantitative estimate of drug-likeness (QED) is 0.392. The Morgan fingerprint density at radius 2 is 1.77 bits per heavy atom. The summed E-state index contributed by atoms with van der Waals surface area (Å²) in [6.07, 6.45) is 10.0. The van der Waals surface area contributed by atoms with Crippen molar-refractivity contribution in [2.24, 2.45) is 11.8 Å². The Balaban J connectivity index is 1.66. The van der Waals surface area contributed by atoms with Gasteiger partial charge in [0.05, 0.1) is 28.1 Å². The molecule has 0 aliphatic carbocycles. The molecule has 9 heteroatoms. The van der Waals surface area contributed by atoms with Crippen molar-refractivity contribution in [1.29, 1.82) is 0 Å². The van der Waals surface area contributed by atoms with Gasteiger partial charge >= 0.3 is 0 Å². The lowest BCUT2D eigenvalue weighted by atomic mass is 9.73. The van der Waals surface area contributed by atoms with Gasteiger partial charge in [0.2, 0.25) is 11.8 Å². The first-order valence-electron chi connectivity index (χ1n) is 14.1. The van der Waals surface area contributed by atoms with E-state index < -0.39 is 29.1 Å². The van der Waals surface area contributed by atoms with Crippen LogP contribution in [0.25, 0.3) is 0 Å². The number of anilines is 1. The highest BCUT2D eigenvalue weighted by Gasteiger charge is 2.75. The largest absolute Gasteiger partial charge is 0.396 e. The number of aliphatic hydroxyl groups excluding tert-OH is 1. The molecule has 4 heterocycles. The van der Waals surface area contributed by atoms with Gasteiger partial charge in [-0.15, -0.1) is 0 Å². The van der Waals surface area contributed by atoms with Crippen LogP contribution >= 0.6 is 11.6 Å². The van der Waals surface area contributed by atoms with Crippen LogP contribution in [0.2, 0.25) is 5.02 Å². The molecule has 0 saturated carbocycles. The zero-order valence-electron chi connectivity index (χ0n) is 22.9. The number of carbonyl (C=O) groups excluding carboxylic acids is 3. The smallest absolute Gasteiger partial charge is 0.253 e. The molecule has 1 unspecified atom stereocenters. The van der Waals surface area contributed by atoms with E-state index in [1.807, 2.05) is 57.2 Å². The van der Waals surface area contributed by atoms with Crippen LogP contribution in [-0.4, -0.2) is 82.7 Å². The second kappa shape index (κ2) is 10.7. The molecule has 39 heavy (non-hydrogen) atoms. The lowest BCUT2D eigenvalue weighted by Gasteiger charge is -2.38. The van der Waals surface area contributed by atoms with Crippen molar-refractivity contribution in [2.45, 2.75) is 63.7 Å². The first-order valence-corrected chi connectivity index (χ1v) is 14.5. The second-order valence-electron chi connectivity index (χ2n) is 11.0. The van der Waals surface area contributed by atoms with Crippen molar-refractivity contribution in [3.8, 4) is 0 Å². The second-order valence-corrected chi connectivity index (χ2v) is 11.4. The lowest BCUT2D eigenvalue weighted by Crippen LogP contribution is -2.56. The van der Waals surface area contributed by atoms with E-state index in [9.17, 15) is 19.5 Å². The molecular weight excluding hydrogens is 518 g/mol. The molecule has 1 aromatic carbocycles. The van der Waals surface area contributed by atoms with Crippen molar-refractivity contribution < 1.29 is 24.2 Å². The standard InChI is InChI=1S/C30H38ClN3O5/c1-4-15-32-16-9-13-29(5-2)22(26(32)36)23-27(37)34(17-6-7-19-35)25-28(38)33(18-10-14-30(23,25)39-29)24-20(3)11-8-12-21(24)31/h8-14,22-23,25,35H,4-7,15-19H2,1-3H3/t22-,23-,25?,29+,30-/m0/s1. The molecular formula is C30H38ClN3O5. The molecule has 4 aliphatic rings. The summed E-state index contributed by atoms with van der Waals surface area (Å²) in [6, 6.07) is 4.54. The first kappa shape index (κ1) is 27.9. The molecule has 1 aromatic rings. The van der Waals surface area contributed by atoms with Crippen LogP contribution in [0, 0.1) is 18.8 Å². The number of carbonyl (C=O) groups is 3. The number of aryl methyl sites for hydroxylation is 1. The average Bonchev–Trinajstić information content (AvgIpc) is 3.20. The van der Waals surface area contributed by atoms with E-state index in [1.54, 1.807) is 20.8 Å². The van der Waals surface area contributed by atoms with Crippen molar-refractivity contribution in [2.75, 3.05) is 37.7 Å². The zero-order chi connectivity index (χ0) is 27.9. The lowest BCUT2D eigenvalue weighted by molar-refractivity contribution is -0.150. The molecule has 3 amide bonds. The summed E-state index contributed by atoms with van der Waals surface area (Å²) in [5.41, 5.74) is -0.828. The van der Waals surface area contributed by atoms with Gasteiger partial charge in [0.1, 0.15) is 11.6 Å². The summed E-state index contributed by atoms with van der Waals surface area (Å²) in [4.78, 5) is 48.1. The molecule has 5 atom stereocenters. The SMILES string of the molecule is CCCN1CC=C[C@@]2(CC)O[C@]34C=CCN(c5c(C)cccc5Cl)C(=O)C3N(CCCCO)C(=O)[C@@H]4[C@H]2C1=O. The van der Waals surface area contributed by atoms with Gasteiger partial charge in [-0.2, -0.15) is 0 Å². The van der Waals surface area contributed by atoms with Gasteiger partial charge in [-0.05, 0) is 44.2 Å². The van der Waals surface area contributed by atoms with Crippen LogP contribution in [0.3, 0.4) is 0 Å². The molecule has 4 aliphatic heterocycles. The molecule has 0 bridgehead atoms. The van der Waals surface area contributed by atoms with Gasteiger partial charge in [0.15, 0.2) is 0 Å². The topological polar surface area (TPSA) is 90.4 Å². The number of amides is 3. The van der Waals surface area contributed by atoms with E-state index in [0.29, 0.717) is 43.1 Å². The number of fused-ring (bicyclic) bond motifs is 2. The maximum atomic E-state index is 14.6. The molecule has 0 aromatic heterocycles. The van der Waals surface area contributed by atoms with E-state index in [0.717, 1.165) is 12.0 Å². The van der Waals surface area contributed by atoms with Crippen LogP contribution in [-0.2, 0) is 19.1 Å². The van der Waals surface area contributed by atoms with Crippen LogP contribution in [0.15, 0.2) is 42.5 Å². The Morgan fingerprint density at radius 1 is 1.00 bits per heavy atom. The fourth-order valence-corrected chi connectivity index (χ4v) is 7.40. The number of hydrogen-bond acceptors (Lipinski definition) is 5. The number of hydrogen-bond donors (Lipinski definition) is 1. The molecule has 2 saturated heterocycles. The third-order valence-electron chi connectivity index (χ3n) is 8.78. The van der Waals surface area contributed by atoms with E-state index in [2.05, 4.69) is 0 Å². The molecule has 210 valence electrons. The number of likely N-dealkylation sites (tertiary alicyclic amines) is 1.